The number of methoxy groups -OCH3 is 1. The molecule has 3 heterocycles. The van der Waals surface area contributed by atoms with Crippen molar-refractivity contribution in [1.29, 1.82) is 0 Å². The van der Waals surface area contributed by atoms with Crippen molar-refractivity contribution in [2.24, 2.45) is 5.92 Å². The first-order valence-corrected chi connectivity index (χ1v) is 12.1. The zero-order valence-electron chi connectivity index (χ0n) is 16.3. The minimum absolute atomic E-state index is 0.00937. The van der Waals surface area contributed by atoms with Gasteiger partial charge < -0.3 is 14.4 Å². The second-order valence-corrected chi connectivity index (χ2v) is 10.4. The van der Waals surface area contributed by atoms with E-state index in [-0.39, 0.29) is 22.0 Å². The molecule has 0 aliphatic carbocycles. The van der Waals surface area contributed by atoms with Gasteiger partial charge in [0.05, 0.1) is 18.7 Å². The number of fused-ring (bicyclic) bond motifs is 1. The zero-order chi connectivity index (χ0) is 20.6. The lowest BCUT2D eigenvalue weighted by molar-refractivity contribution is -0.138. The van der Waals surface area contributed by atoms with Crippen molar-refractivity contribution in [3.63, 3.8) is 0 Å². The van der Waals surface area contributed by atoms with E-state index in [0.717, 1.165) is 22.8 Å². The number of aromatic nitrogens is 2. The first-order chi connectivity index (χ1) is 13.9. The molecule has 29 heavy (non-hydrogen) atoms. The Kier molecular flexibility index (Phi) is 5.48. The third kappa shape index (κ3) is 3.95. The van der Waals surface area contributed by atoms with Crippen LogP contribution in [0.3, 0.4) is 0 Å². The highest BCUT2D eigenvalue weighted by molar-refractivity contribution is 7.92. The van der Waals surface area contributed by atoms with Crippen LogP contribution in [0.2, 0.25) is 0 Å². The highest BCUT2D eigenvalue weighted by Crippen LogP contribution is 2.37. The molecule has 8 nitrogen and oxygen atoms in total. The van der Waals surface area contributed by atoms with Gasteiger partial charge in [-0.15, -0.1) is 5.10 Å². The lowest BCUT2D eigenvalue weighted by Gasteiger charge is -2.35. The van der Waals surface area contributed by atoms with Crippen LogP contribution in [0.5, 0.6) is 11.5 Å². The lowest BCUT2D eigenvalue weighted by Crippen LogP contribution is -2.44. The van der Waals surface area contributed by atoms with Gasteiger partial charge in [-0.05, 0) is 30.9 Å². The third-order valence-electron chi connectivity index (χ3n) is 5.54. The number of amides is 1. The van der Waals surface area contributed by atoms with E-state index in [1.807, 2.05) is 23.1 Å². The van der Waals surface area contributed by atoms with Crippen LogP contribution in [0.4, 0.5) is 0 Å². The summed E-state index contributed by atoms with van der Waals surface area (Å²) in [6.45, 7) is 1.48. The van der Waals surface area contributed by atoms with Gasteiger partial charge >= 0.3 is 0 Å². The maximum Gasteiger partial charge on any atom is 0.229 e. The molecule has 0 saturated carbocycles. The largest absolute Gasteiger partial charge is 0.493 e. The van der Waals surface area contributed by atoms with Crippen LogP contribution in [0.15, 0.2) is 22.4 Å². The van der Waals surface area contributed by atoms with Gasteiger partial charge in [0.15, 0.2) is 25.5 Å². The molecule has 1 fully saturated rings. The van der Waals surface area contributed by atoms with E-state index in [1.165, 1.54) is 6.26 Å². The number of nitrogens with zero attached hydrogens (tertiary/aromatic N) is 3. The van der Waals surface area contributed by atoms with Gasteiger partial charge in [0, 0.05) is 36.8 Å². The molecule has 1 saturated heterocycles. The van der Waals surface area contributed by atoms with Crippen LogP contribution >= 0.6 is 11.5 Å². The number of sulfone groups is 1. The summed E-state index contributed by atoms with van der Waals surface area (Å²) in [5, 5.41) is 4.06. The van der Waals surface area contributed by atoms with Crippen LogP contribution in [0.25, 0.3) is 0 Å². The van der Waals surface area contributed by atoms with Crippen molar-refractivity contribution in [2.75, 3.05) is 33.1 Å². The summed E-state index contributed by atoms with van der Waals surface area (Å²) in [4.78, 5) is 14.9. The molecule has 0 bridgehead atoms. The fourth-order valence-corrected chi connectivity index (χ4v) is 5.77. The van der Waals surface area contributed by atoms with Crippen molar-refractivity contribution < 1.29 is 22.7 Å². The van der Waals surface area contributed by atoms with Crippen molar-refractivity contribution in [3.8, 4) is 11.5 Å². The number of piperidine rings is 1. The SMILES string of the molecule is COc1cccc2c1OCC(C(=O)N1CCC(c3nnsc3S(C)(=O)=O)CC1)C2. The summed E-state index contributed by atoms with van der Waals surface area (Å²) in [6.07, 6.45) is 3.16. The smallest absolute Gasteiger partial charge is 0.229 e. The van der Waals surface area contributed by atoms with Gasteiger partial charge in [-0.25, -0.2) is 8.42 Å². The van der Waals surface area contributed by atoms with Gasteiger partial charge in [0.25, 0.3) is 0 Å². The molecule has 1 aromatic carbocycles. The molecular weight excluding hydrogens is 414 g/mol. The number of hydrogen-bond acceptors (Lipinski definition) is 8. The van der Waals surface area contributed by atoms with Crippen molar-refractivity contribution in [2.45, 2.75) is 29.4 Å². The molecule has 1 amide bonds. The number of para-hydroxylation sites is 1. The Bertz CT molecular complexity index is 1010. The predicted octanol–water partition coefficient (Wildman–Crippen LogP) is 1.91. The third-order valence-corrected chi connectivity index (χ3v) is 8.09. The Hall–Kier alpha value is -2.20. The van der Waals surface area contributed by atoms with Crippen LogP contribution in [-0.2, 0) is 21.1 Å². The Morgan fingerprint density at radius 1 is 1.31 bits per heavy atom. The molecule has 1 aromatic heterocycles. The van der Waals surface area contributed by atoms with E-state index >= 15 is 0 Å². The monoisotopic (exact) mass is 437 g/mol. The van der Waals surface area contributed by atoms with Crippen LogP contribution in [0, 0.1) is 5.92 Å². The van der Waals surface area contributed by atoms with Crippen molar-refractivity contribution >= 4 is 27.3 Å². The molecule has 156 valence electrons. The maximum atomic E-state index is 13.0. The topological polar surface area (TPSA) is 98.7 Å². The molecule has 0 spiro atoms. The number of carbonyl (C=O) groups is 1. The van der Waals surface area contributed by atoms with E-state index in [4.69, 9.17) is 9.47 Å². The van der Waals surface area contributed by atoms with Gasteiger partial charge in [-0.1, -0.05) is 16.6 Å². The van der Waals surface area contributed by atoms with Gasteiger partial charge in [0.2, 0.25) is 5.91 Å². The molecule has 2 aromatic rings. The van der Waals surface area contributed by atoms with E-state index in [2.05, 4.69) is 9.59 Å². The number of hydrogen-bond donors (Lipinski definition) is 0. The summed E-state index contributed by atoms with van der Waals surface area (Å²) in [5.41, 5.74) is 1.53. The average molecular weight is 438 g/mol. The number of likely N-dealkylation sites (tertiary alicyclic amines) is 1. The molecule has 1 unspecified atom stereocenters. The number of ether oxygens (including phenoxy) is 2. The fraction of sp³-hybridized carbons (Fsp3) is 0.526. The summed E-state index contributed by atoms with van der Waals surface area (Å²) >= 11 is 0.920. The van der Waals surface area contributed by atoms with Crippen LogP contribution < -0.4 is 9.47 Å². The average Bonchev–Trinajstić information content (AvgIpc) is 3.23. The molecule has 10 heteroatoms. The Balaban J connectivity index is 1.41. The maximum absolute atomic E-state index is 13.0. The van der Waals surface area contributed by atoms with Crippen LogP contribution in [-0.4, -0.2) is 61.9 Å². The number of rotatable bonds is 4. The first kappa shape index (κ1) is 20.1. The fourth-order valence-electron chi connectivity index (χ4n) is 4.04. The van der Waals surface area contributed by atoms with E-state index in [9.17, 15) is 13.2 Å². The number of carbonyl (C=O) groups excluding carboxylic acids is 1. The van der Waals surface area contributed by atoms with Crippen molar-refractivity contribution in [1.82, 2.24) is 14.5 Å². The zero-order valence-corrected chi connectivity index (χ0v) is 18.0. The normalized spacial score (nSPS) is 20.1. The van der Waals surface area contributed by atoms with E-state index < -0.39 is 9.84 Å². The molecule has 2 aliphatic heterocycles. The minimum atomic E-state index is -3.33. The Labute approximate surface area is 173 Å². The molecule has 1 atom stereocenters. The highest BCUT2D eigenvalue weighted by atomic mass is 32.2. The first-order valence-electron chi connectivity index (χ1n) is 9.48. The minimum Gasteiger partial charge on any atom is -0.493 e. The highest BCUT2D eigenvalue weighted by Gasteiger charge is 2.34. The van der Waals surface area contributed by atoms with Crippen LogP contribution in [0.1, 0.15) is 30.0 Å². The molecule has 0 radical (unpaired) electrons. The summed E-state index contributed by atoms with van der Waals surface area (Å²) in [6, 6.07) is 5.72. The second-order valence-electron chi connectivity index (χ2n) is 7.48. The quantitative estimate of drug-likeness (QED) is 0.720. The van der Waals surface area contributed by atoms with Crippen molar-refractivity contribution in [3.05, 3.63) is 29.5 Å². The standard InChI is InChI=1S/C19H23N3O5S2/c1-26-15-5-3-4-13-10-14(11-27-17(13)15)18(23)22-8-6-12(7-9-22)16-19(28-21-20-16)29(2,24)25/h3-5,12,14H,6-11H2,1-2H3. The lowest BCUT2D eigenvalue weighted by atomic mass is 9.91. The summed E-state index contributed by atoms with van der Waals surface area (Å²) in [5.74, 6) is 1.28. The van der Waals surface area contributed by atoms with Gasteiger partial charge in [0.1, 0.15) is 6.61 Å². The number of benzene rings is 1. The Morgan fingerprint density at radius 2 is 2.07 bits per heavy atom. The van der Waals surface area contributed by atoms with Gasteiger partial charge in [-0.3, -0.25) is 4.79 Å². The predicted molar refractivity (Wildman–Crippen MR) is 107 cm³/mol. The Morgan fingerprint density at radius 3 is 2.76 bits per heavy atom. The van der Waals surface area contributed by atoms with Gasteiger partial charge in [-0.2, -0.15) is 0 Å². The van der Waals surface area contributed by atoms with E-state index in [1.54, 1.807) is 7.11 Å². The summed E-state index contributed by atoms with van der Waals surface area (Å²) < 4.78 is 39.1. The summed E-state index contributed by atoms with van der Waals surface area (Å²) in [7, 11) is -1.73. The second kappa shape index (κ2) is 7.91. The molecule has 0 N–H and O–H groups in total. The molecular formula is C19H23N3O5S2. The van der Waals surface area contributed by atoms with E-state index in [0.29, 0.717) is 50.4 Å². The molecule has 2 aliphatic rings. The molecule has 4 rings (SSSR count).